The summed E-state index contributed by atoms with van der Waals surface area (Å²) in [5, 5.41) is 8.69. The van der Waals surface area contributed by atoms with Gasteiger partial charge in [-0.05, 0) is 18.6 Å². The molecule has 1 rings (SSSR count). The highest BCUT2D eigenvalue weighted by Crippen LogP contribution is 2.07. The molecule has 0 atom stereocenters. The Hall–Kier alpha value is -1.88. The van der Waals surface area contributed by atoms with Gasteiger partial charge in [0.15, 0.2) is 5.75 Å². The predicted octanol–water partition coefficient (Wildman–Crippen LogP) is 0.0129. The van der Waals surface area contributed by atoms with Crippen LogP contribution in [0.3, 0.4) is 0 Å². The van der Waals surface area contributed by atoms with Crippen molar-refractivity contribution in [1.82, 2.24) is 4.72 Å². The molecule has 2 N–H and O–H groups in total. The average Bonchev–Trinajstić information content (AvgIpc) is 2.43. The molecular weight excluding hydrogens is 294 g/mol. The average molecular weight is 311 g/mol. The Bertz CT molecular complexity index is 643. The van der Waals surface area contributed by atoms with E-state index in [0.29, 0.717) is 11.1 Å². The molecule has 0 bridgehead atoms. The minimum atomic E-state index is -3.76. The molecule has 0 amide bonds. The molecule has 0 fully saturated rings. The van der Waals surface area contributed by atoms with Crippen LogP contribution >= 0.6 is 0 Å². The molecule has 1 aromatic rings. The highest BCUT2D eigenvalue weighted by molar-refractivity contribution is 7.90. The molecule has 0 saturated heterocycles. The number of nitrogens with one attached hydrogen (secondary N) is 1. The predicted molar refractivity (Wildman–Crippen MR) is 77.7 cm³/mol. The number of sulfonamides is 1. The minimum Gasteiger partial charge on any atom is -0.465 e. The quantitative estimate of drug-likeness (QED) is 0.570. The lowest BCUT2D eigenvalue weighted by molar-refractivity contribution is -0.139. The van der Waals surface area contributed by atoms with Gasteiger partial charge in [-0.3, -0.25) is 4.79 Å². The Morgan fingerprint density at radius 2 is 2.10 bits per heavy atom. The molecule has 0 heterocycles. The smallest absolute Gasteiger partial charge is 0.322 e. The second-order valence-electron chi connectivity index (χ2n) is 4.00. The number of rotatable bonds is 6. The molecule has 7 heteroatoms. The maximum Gasteiger partial charge on any atom is 0.322 e. The van der Waals surface area contributed by atoms with Crippen LogP contribution in [-0.2, 0) is 26.1 Å². The normalized spacial score (nSPS) is 10.6. The number of esters is 1. The standard InChI is InChI=1S/C14H17NO5S/c1-2-20-14(17)11-21(18,19)15-10-13-7-4-3-6-12(13)8-5-9-16/h3-4,6-7,15-16H,2,9-11H2,1H3. The van der Waals surface area contributed by atoms with E-state index in [0.717, 1.165) is 0 Å². The largest absolute Gasteiger partial charge is 0.465 e. The van der Waals surface area contributed by atoms with Crippen LogP contribution < -0.4 is 4.72 Å². The number of aliphatic hydroxyl groups is 1. The number of hydrogen-bond donors (Lipinski definition) is 2. The topological polar surface area (TPSA) is 92.7 Å². The van der Waals surface area contributed by atoms with E-state index < -0.39 is 21.7 Å². The van der Waals surface area contributed by atoms with Gasteiger partial charge in [-0.25, -0.2) is 13.1 Å². The van der Waals surface area contributed by atoms with Crippen molar-refractivity contribution in [3.05, 3.63) is 35.4 Å². The van der Waals surface area contributed by atoms with Crippen LogP contribution in [0.2, 0.25) is 0 Å². The summed E-state index contributed by atoms with van der Waals surface area (Å²) >= 11 is 0. The number of aliphatic hydroxyl groups excluding tert-OH is 1. The lowest BCUT2D eigenvalue weighted by Gasteiger charge is -2.08. The van der Waals surface area contributed by atoms with Gasteiger partial charge in [-0.1, -0.05) is 30.0 Å². The van der Waals surface area contributed by atoms with Crippen molar-refractivity contribution in [2.75, 3.05) is 19.0 Å². The molecular formula is C14H17NO5S. The van der Waals surface area contributed by atoms with Gasteiger partial charge in [0.2, 0.25) is 10.0 Å². The molecule has 6 nitrogen and oxygen atoms in total. The van der Waals surface area contributed by atoms with Gasteiger partial charge in [0.25, 0.3) is 0 Å². The molecule has 0 saturated carbocycles. The van der Waals surface area contributed by atoms with Crippen molar-refractivity contribution >= 4 is 16.0 Å². The summed E-state index contributed by atoms with van der Waals surface area (Å²) in [5.41, 5.74) is 1.27. The Labute approximate surface area is 124 Å². The monoisotopic (exact) mass is 311 g/mol. The molecule has 0 aliphatic carbocycles. The number of carbonyl (C=O) groups excluding carboxylic acids is 1. The third-order valence-electron chi connectivity index (χ3n) is 2.42. The fourth-order valence-corrected chi connectivity index (χ4v) is 2.40. The first-order valence-electron chi connectivity index (χ1n) is 6.29. The van der Waals surface area contributed by atoms with Crippen LogP contribution in [0.1, 0.15) is 18.1 Å². The summed E-state index contributed by atoms with van der Waals surface area (Å²) in [6, 6.07) is 6.95. The minimum absolute atomic E-state index is 0.0119. The maximum absolute atomic E-state index is 11.7. The first-order valence-corrected chi connectivity index (χ1v) is 7.94. The van der Waals surface area contributed by atoms with Crippen molar-refractivity contribution in [3.8, 4) is 11.8 Å². The van der Waals surface area contributed by atoms with Gasteiger partial charge in [0, 0.05) is 12.1 Å². The van der Waals surface area contributed by atoms with Gasteiger partial charge in [-0.15, -0.1) is 0 Å². The van der Waals surface area contributed by atoms with Gasteiger partial charge >= 0.3 is 5.97 Å². The van der Waals surface area contributed by atoms with Crippen LogP contribution in [0.5, 0.6) is 0 Å². The zero-order valence-corrected chi connectivity index (χ0v) is 12.4. The molecule has 0 unspecified atom stereocenters. The van der Waals surface area contributed by atoms with E-state index in [9.17, 15) is 13.2 Å². The fourth-order valence-electron chi connectivity index (χ4n) is 1.53. The first-order chi connectivity index (χ1) is 9.98. The number of benzene rings is 1. The zero-order valence-electron chi connectivity index (χ0n) is 11.6. The molecule has 0 aromatic heterocycles. The Balaban J connectivity index is 2.73. The van der Waals surface area contributed by atoms with Crippen LogP contribution in [-0.4, -0.2) is 38.5 Å². The van der Waals surface area contributed by atoms with Gasteiger partial charge in [0.1, 0.15) is 6.61 Å². The van der Waals surface area contributed by atoms with Crippen molar-refractivity contribution in [1.29, 1.82) is 0 Å². The van der Waals surface area contributed by atoms with Crippen LogP contribution in [0, 0.1) is 11.8 Å². The third kappa shape index (κ3) is 6.40. The highest BCUT2D eigenvalue weighted by Gasteiger charge is 2.17. The van der Waals surface area contributed by atoms with Crippen LogP contribution in [0.25, 0.3) is 0 Å². The summed E-state index contributed by atoms with van der Waals surface area (Å²) in [7, 11) is -3.76. The number of carbonyl (C=O) groups is 1. The van der Waals surface area contributed by atoms with Crippen LogP contribution in [0.4, 0.5) is 0 Å². The summed E-state index contributed by atoms with van der Waals surface area (Å²) in [5.74, 6) is 3.73. The number of hydrogen-bond acceptors (Lipinski definition) is 5. The van der Waals surface area contributed by atoms with Crippen molar-refractivity contribution in [3.63, 3.8) is 0 Å². The van der Waals surface area contributed by atoms with E-state index in [-0.39, 0.29) is 19.8 Å². The van der Waals surface area contributed by atoms with E-state index in [1.807, 2.05) is 0 Å². The summed E-state index contributed by atoms with van der Waals surface area (Å²) in [4.78, 5) is 11.2. The fraction of sp³-hybridized carbons (Fsp3) is 0.357. The first kappa shape index (κ1) is 17.2. The van der Waals surface area contributed by atoms with E-state index in [4.69, 9.17) is 5.11 Å². The second kappa shape index (κ2) is 8.42. The molecule has 0 aliphatic heterocycles. The Kier molecular flexibility index (Phi) is 6.88. The third-order valence-corrected chi connectivity index (χ3v) is 3.62. The Morgan fingerprint density at radius 3 is 2.76 bits per heavy atom. The highest BCUT2D eigenvalue weighted by atomic mass is 32.2. The van der Waals surface area contributed by atoms with Crippen LogP contribution in [0.15, 0.2) is 24.3 Å². The molecule has 1 aromatic carbocycles. The molecule has 0 radical (unpaired) electrons. The summed E-state index contributed by atoms with van der Waals surface area (Å²) in [6.45, 7) is 1.48. The summed E-state index contributed by atoms with van der Waals surface area (Å²) in [6.07, 6.45) is 0. The molecule has 0 aliphatic rings. The SMILES string of the molecule is CCOC(=O)CS(=O)(=O)NCc1ccccc1C#CCO. The summed E-state index contributed by atoms with van der Waals surface area (Å²) < 4.78 is 30.4. The lowest BCUT2D eigenvalue weighted by atomic mass is 10.1. The van der Waals surface area contributed by atoms with E-state index >= 15 is 0 Å². The zero-order chi connectivity index (χ0) is 15.7. The second-order valence-corrected chi connectivity index (χ2v) is 5.81. The maximum atomic E-state index is 11.7. The van der Waals surface area contributed by atoms with Gasteiger partial charge in [-0.2, -0.15) is 0 Å². The van der Waals surface area contributed by atoms with Gasteiger partial charge in [0.05, 0.1) is 6.61 Å². The van der Waals surface area contributed by atoms with E-state index in [1.165, 1.54) is 0 Å². The van der Waals surface area contributed by atoms with Crippen molar-refractivity contribution in [2.45, 2.75) is 13.5 Å². The lowest BCUT2D eigenvalue weighted by Crippen LogP contribution is -2.30. The number of ether oxygens (including phenoxy) is 1. The Morgan fingerprint density at radius 1 is 1.38 bits per heavy atom. The van der Waals surface area contributed by atoms with E-state index in [1.54, 1.807) is 31.2 Å². The van der Waals surface area contributed by atoms with Crippen molar-refractivity contribution in [2.24, 2.45) is 0 Å². The molecule has 114 valence electrons. The van der Waals surface area contributed by atoms with Gasteiger partial charge < -0.3 is 9.84 Å². The molecule has 21 heavy (non-hydrogen) atoms. The molecule has 0 spiro atoms. The van der Waals surface area contributed by atoms with E-state index in [2.05, 4.69) is 21.3 Å². The van der Waals surface area contributed by atoms with Crippen molar-refractivity contribution < 1.29 is 23.1 Å².